The van der Waals surface area contributed by atoms with Crippen molar-refractivity contribution in [2.24, 2.45) is 0 Å². The molecule has 17 heavy (non-hydrogen) atoms. The number of benzene rings is 1. The van der Waals surface area contributed by atoms with Crippen LogP contribution >= 0.6 is 11.6 Å². The smallest absolute Gasteiger partial charge is 0.199 e. The third-order valence-electron chi connectivity index (χ3n) is 2.49. The van der Waals surface area contributed by atoms with Gasteiger partial charge in [0.05, 0.1) is 11.0 Å². The first kappa shape index (κ1) is 10.3. The van der Waals surface area contributed by atoms with Gasteiger partial charge >= 0.3 is 0 Å². The van der Waals surface area contributed by atoms with Crippen molar-refractivity contribution < 1.29 is 8.78 Å². The number of hydrogen-bond acceptors (Lipinski definition) is 3. The Balaban J connectivity index is 2.62. The zero-order valence-corrected chi connectivity index (χ0v) is 9.33. The molecule has 86 valence electrons. The summed E-state index contributed by atoms with van der Waals surface area (Å²) >= 11 is 5.89. The Hall–Kier alpha value is -1.82. The fourth-order valence-electron chi connectivity index (χ4n) is 1.73. The highest BCUT2D eigenvalue weighted by molar-refractivity contribution is 6.32. The number of aromatic nitrogens is 4. The van der Waals surface area contributed by atoms with Crippen LogP contribution in [0, 0.1) is 18.6 Å². The monoisotopic (exact) mass is 254 g/mol. The molecule has 0 atom stereocenters. The van der Waals surface area contributed by atoms with Gasteiger partial charge in [-0.15, -0.1) is 10.2 Å². The van der Waals surface area contributed by atoms with E-state index in [4.69, 9.17) is 11.6 Å². The van der Waals surface area contributed by atoms with E-state index in [2.05, 4.69) is 15.2 Å². The second-order valence-corrected chi connectivity index (χ2v) is 3.92. The molecule has 0 fully saturated rings. The Labute approximate surface area is 98.9 Å². The van der Waals surface area contributed by atoms with Gasteiger partial charge in [-0.25, -0.2) is 13.8 Å². The predicted octanol–water partition coefficient (Wildman–Crippen LogP) is 2.52. The van der Waals surface area contributed by atoms with E-state index in [1.165, 1.54) is 4.40 Å². The number of aryl methyl sites for hydroxylation is 1. The maximum Gasteiger partial charge on any atom is 0.199 e. The topological polar surface area (TPSA) is 43.1 Å². The second kappa shape index (κ2) is 3.33. The van der Waals surface area contributed by atoms with Crippen LogP contribution in [-0.4, -0.2) is 19.6 Å². The molecule has 0 unspecified atom stereocenters. The molecule has 7 heteroatoms. The molecule has 0 saturated carbocycles. The Bertz CT molecular complexity index is 753. The molecule has 0 N–H and O–H groups in total. The molecule has 0 aliphatic heterocycles. The maximum atomic E-state index is 13.2. The van der Waals surface area contributed by atoms with Gasteiger partial charge in [0.2, 0.25) is 0 Å². The number of nitrogens with zero attached hydrogens (tertiary/aromatic N) is 4. The summed E-state index contributed by atoms with van der Waals surface area (Å²) in [6.45, 7) is 1.69. The standard InChI is InChI=1S/C10H5ClF2N4/c1-4-15-16-10-9(11)14-7-2-5(12)6(13)3-8(7)17(4)10/h2-3H,1H3. The summed E-state index contributed by atoms with van der Waals surface area (Å²) in [6, 6.07) is 2.05. The van der Waals surface area contributed by atoms with Crippen molar-refractivity contribution in [2.75, 3.05) is 0 Å². The number of fused-ring (bicyclic) bond motifs is 3. The fourth-order valence-corrected chi connectivity index (χ4v) is 1.95. The van der Waals surface area contributed by atoms with Gasteiger partial charge < -0.3 is 0 Å². The number of halogens is 3. The van der Waals surface area contributed by atoms with Gasteiger partial charge in [0.15, 0.2) is 22.4 Å². The van der Waals surface area contributed by atoms with Crippen LogP contribution in [0.25, 0.3) is 16.7 Å². The first-order chi connectivity index (χ1) is 8.08. The van der Waals surface area contributed by atoms with Crippen molar-refractivity contribution >= 4 is 28.3 Å². The van der Waals surface area contributed by atoms with Crippen molar-refractivity contribution in [3.63, 3.8) is 0 Å². The lowest BCUT2D eigenvalue weighted by molar-refractivity contribution is 0.510. The lowest BCUT2D eigenvalue weighted by Gasteiger charge is -2.04. The molecule has 2 heterocycles. The van der Waals surface area contributed by atoms with Crippen molar-refractivity contribution in [3.8, 4) is 0 Å². The lowest BCUT2D eigenvalue weighted by Crippen LogP contribution is -1.97. The normalized spacial score (nSPS) is 11.5. The Kier molecular flexibility index (Phi) is 2.03. The van der Waals surface area contributed by atoms with Gasteiger partial charge in [-0.1, -0.05) is 11.6 Å². The molecular formula is C10H5ClF2N4. The van der Waals surface area contributed by atoms with Gasteiger partial charge in [0.25, 0.3) is 0 Å². The highest BCUT2D eigenvalue weighted by atomic mass is 35.5. The molecule has 1 aromatic carbocycles. The molecule has 0 aliphatic rings. The van der Waals surface area contributed by atoms with Crippen LogP contribution in [0.2, 0.25) is 5.15 Å². The zero-order valence-electron chi connectivity index (χ0n) is 8.58. The second-order valence-electron chi connectivity index (χ2n) is 3.56. The summed E-state index contributed by atoms with van der Waals surface area (Å²) in [5, 5.41) is 7.75. The largest absolute Gasteiger partial charge is 0.275 e. The maximum absolute atomic E-state index is 13.2. The summed E-state index contributed by atoms with van der Waals surface area (Å²) < 4.78 is 27.9. The minimum atomic E-state index is -0.967. The van der Waals surface area contributed by atoms with E-state index in [0.717, 1.165) is 12.1 Å². The van der Waals surface area contributed by atoms with Crippen LogP contribution in [0.4, 0.5) is 8.78 Å². The van der Waals surface area contributed by atoms with E-state index in [0.29, 0.717) is 17.0 Å². The molecular weight excluding hydrogens is 250 g/mol. The van der Waals surface area contributed by atoms with Crippen LogP contribution in [0.15, 0.2) is 12.1 Å². The third-order valence-corrected chi connectivity index (χ3v) is 2.74. The average molecular weight is 255 g/mol. The Morgan fingerprint density at radius 2 is 1.88 bits per heavy atom. The highest BCUT2D eigenvalue weighted by Crippen LogP contribution is 2.23. The molecule has 0 aliphatic carbocycles. The van der Waals surface area contributed by atoms with Crippen LogP contribution in [-0.2, 0) is 0 Å². The summed E-state index contributed by atoms with van der Waals surface area (Å²) in [7, 11) is 0. The van der Waals surface area contributed by atoms with E-state index in [-0.39, 0.29) is 10.7 Å². The Morgan fingerprint density at radius 3 is 2.65 bits per heavy atom. The molecule has 2 aromatic heterocycles. The van der Waals surface area contributed by atoms with Gasteiger partial charge in [-0.05, 0) is 6.92 Å². The third kappa shape index (κ3) is 1.37. The molecule has 0 spiro atoms. The van der Waals surface area contributed by atoms with E-state index in [9.17, 15) is 8.78 Å². The van der Waals surface area contributed by atoms with E-state index < -0.39 is 11.6 Å². The minimum Gasteiger partial charge on any atom is -0.275 e. The fraction of sp³-hybridized carbons (Fsp3) is 0.100. The van der Waals surface area contributed by atoms with E-state index >= 15 is 0 Å². The summed E-state index contributed by atoms with van der Waals surface area (Å²) in [5.41, 5.74) is 0.956. The van der Waals surface area contributed by atoms with Gasteiger partial charge in [-0.3, -0.25) is 4.40 Å². The lowest BCUT2D eigenvalue weighted by atomic mass is 10.2. The number of rotatable bonds is 0. The van der Waals surface area contributed by atoms with Gasteiger partial charge in [0.1, 0.15) is 5.82 Å². The summed E-state index contributed by atoms with van der Waals surface area (Å²) in [6.07, 6.45) is 0. The molecule has 0 saturated heterocycles. The van der Waals surface area contributed by atoms with Crippen molar-refractivity contribution in [3.05, 3.63) is 34.7 Å². The van der Waals surface area contributed by atoms with Crippen molar-refractivity contribution in [1.82, 2.24) is 19.6 Å². The minimum absolute atomic E-state index is 0.101. The van der Waals surface area contributed by atoms with Gasteiger partial charge in [0, 0.05) is 12.1 Å². The zero-order chi connectivity index (χ0) is 12.2. The SMILES string of the molecule is Cc1nnc2c(Cl)nc3cc(F)c(F)cc3n12. The average Bonchev–Trinajstić information content (AvgIpc) is 2.65. The molecule has 3 rings (SSSR count). The molecule has 3 aromatic rings. The summed E-state index contributed by atoms with van der Waals surface area (Å²) in [4.78, 5) is 3.95. The first-order valence-corrected chi connectivity index (χ1v) is 5.11. The van der Waals surface area contributed by atoms with Crippen molar-refractivity contribution in [1.29, 1.82) is 0 Å². The van der Waals surface area contributed by atoms with Crippen LogP contribution in [0.5, 0.6) is 0 Å². The molecule has 0 amide bonds. The van der Waals surface area contributed by atoms with E-state index in [1.807, 2.05) is 0 Å². The Morgan fingerprint density at radius 1 is 1.18 bits per heavy atom. The number of hydrogen-bond donors (Lipinski definition) is 0. The van der Waals surface area contributed by atoms with Crippen LogP contribution in [0.1, 0.15) is 5.82 Å². The predicted molar refractivity (Wildman–Crippen MR) is 58.0 cm³/mol. The quantitative estimate of drug-likeness (QED) is 0.619. The summed E-state index contributed by atoms with van der Waals surface area (Å²) in [5.74, 6) is -1.39. The van der Waals surface area contributed by atoms with Crippen LogP contribution < -0.4 is 0 Å². The highest BCUT2D eigenvalue weighted by Gasteiger charge is 2.14. The first-order valence-electron chi connectivity index (χ1n) is 4.74. The van der Waals surface area contributed by atoms with Crippen molar-refractivity contribution in [2.45, 2.75) is 6.92 Å². The van der Waals surface area contributed by atoms with Crippen LogP contribution in [0.3, 0.4) is 0 Å². The molecule has 0 bridgehead atoms. The molecule has 0 radical (unpaired) electrons. The molecule has 4 nitrogen and oxygen atoms in total. The van der Waals surface area contributed by atoms with Gasteiger partial charge in [-0.2, -0.15) is 0 Å². The van der Waals surface area contributed by atoms with E-state index in [1.54, 1.807) is 6.92 Å².